The van der Waals surface area contributed by atoms with Gasteiger partial charge in [-0.15, -0.1) is 0 Å². The van der Waals surface area contributed by atoms with E-state index in [0.717, 1.165) is 0 Å². The Hall–Kier alpha value is -5.26. The van der Waals surface area contributed by atoms with Gasteiger partial charge in [-0.3, -0.25) is 14.4 Å². The second-order valence-corrected chi connectivity index (χ2v) is 10.4. The van der Waals surface area contributed by atoms with E-state index in [0.29, 0.717) is 55.5 Å². The van der Waals surface area contributed by atoms with Crippen molar-refractivity contribution in [3.05, 3.63) is 59.7 Å². The molecule has 9 N–H and O–H groups in total. The van der Waals surface area contributed by atoms with E-state index >= 15 is 0 Å². The molecule has 0 bridgehead atoms. The van der Waals surface area contributed by atoms with Gasteiger partial charge in [0, 0.05) is 46.0 Å². The van der Waals surface area contributed by atoms with E-state index < -0.39 is 18.1 Å². The maximum absolute atomic E-state index is 12.5. The number of nitrogens with two attached hydrogens (primary N) is 4. The predicted molar refractivity (Wildman–Crippen MR) is 185 cm³/mol. The van der Waals surface area contributed by atoms with E-state index in [9.17, 15) is 19.2 Å². The third-order valence-electron chi connectivity index (χ3n) is 6.78. The van der Waals surface area contributed by atoms with Crippen molar-refractivity contribution in [3.8, 4) is 0 Å². The number of nitrogens with zero attached hydrogens (tertiary/aromatic N) is 4. The van der Waals surface area contributed by atoms with Crippen LogP contribution in [0.2, 0.25) is 0 Å². The Balaban J connectivity index is 0.000000494. The first-order valence-electron chi connectivity index (χ1n) is 15.2. The smallest absolute Gasteiger partial charge is 0.328 e. The average molecular weight is 688 g/mol. The highest BCUT2D eigenvalue weighted by Crippen LogP contribution is 2.16. The fourth-order valence-electron chi connectivity index (χ4n) is 3.73. The summed E-state index contributed by atoms with van der Waals surface area (Å²) < 4.78 is 19.9. The Bertz CT molecular complexity index is 1390. The molecule has 0 aromatic heterocycles. The minimum absolute atomic E-state index is 0.0577. The largest absolute Gasteiger partial charge is 0.462 e. The Morgan fingerprint density at radius 1 is 0.673 bits per heavy atom. The van der Waals surface area contributed by atoms with Crippen molar-refractivity contribution in [1.82, 2.24) is 15.1 Å². The van der Waals surface area contributed by atoms with Gasteiger partial charge < -0.3 is 57.0 Å². The summed E-state index contributed by atoms with van der Waals surface area (Å²) in [5, 5.41) is 2.73. The van der Waals surface area contributed by atoms with Crippen molar-refractivity contribution in [2.24, 2.45) is 32.9 Å². The highest BCUT2D eigenvalue weighted by Gasteiger charge is 2.25. The molecule has 17 nitrogen and oxygen atoms in total. The summed E-state index contributed by atoms with van der Waals surface area (Å²) in [4.78, 5) is 59.3. The minimum atomic E-state index is -0.711. The molecule has 0 aliphatic carbocycles. The van der Waals surface area contributed by atoms with Crippen molar-refractivity contribution in [3.63, 3.8) is 0 Å². The highest BCUT2D eigenvalue weighted by atomic mass is 16.6. The normalized spacial score (nSPS) is 11.5. The third kappa shape index (κ3) is 15.5. The van der Waals surface area contributed by atoms with Gasteiger partial charge in [-0.05, 0) is 62.4 Å². The topological polar surface area (TPSA) is 253 Å². The second kappa shape index (κ2) is 22.3. The van der Waals surface area contributed by atoms with Crippen LogP contribution in [0.3, 0.4) is 0 Å². The first-order chi connectivity index (χ1) is 23.2. The van der Waals surface area contributed by atoms with Crippen LogP contribution in [0.5, 0.6) is 0 Å². The Morgan fingerprint density at radius 3 is 1.53 bits per heavy atom. The molecule has 2 atom stereocenters. The molecule has 0 fully saturated rings. The molecule has 0 aliphatic heterocycles. The first-order valence-corrected chi connectivity index (χ1v) is 15.2. The van der Waals surface area contributed by atoms with Crippen LogP contribution >= 0.6 is 0 Å². The van der Waals surface area contributed by atoms with Crippen LogP contribution in [0.25, 0.3) is 0 Å². The van der Waals surface area contributed by atoms with Crippen molar-refractivity contribution < 1.29 is 38.1 Å². The Kier molecular flexibility index (Phi) is 19.0. The third-order valence-corrected chi connectivity index (χ3v) is 6.78. The number of guanidine groups is 2. The first kappa shape index (κ1) is 41.8. The summed E-state index contributed by atoms with van der Waals surface area (Å²) in [5.74, 6) is -1.45. The van der Waals surface area contributed by atoms with Crippen LogP contribution in [-0.4, -0.2) is 125 Å². The molecule has 2 rings (SSSR count). The standard InChI is InChI=1S/C17H27N5O4.C15H22N4O4/c1-12(15(23)20-8-9-26-11-10-25-3)22(2)16(24)13-4-6-14(7-5-13)21-17(18)19;1-10(14(21)23-9-8-22-3)19(2)13(20)11-4-6-12(7-5-11)18-15(16)17/h4-7,12H,8-11H2,1-3H3,(H,20,23)(H4,18,19,21);4-7,10H,8-9H2,1-3H3,(H4,16,17,18). The number of aliphatic imine (C=N–C) groups is 2. The molecular formula is C32H49N9O8. The number of esters is 1. The number of hydrogen-bond acceptors (Lipinski definition) is 10. The molecule has 0 radical (unpaired) electrons. The molecule has 0 heterocycles. The Labute approximate surface area is 286 Å². The van der Waals surface area contributed by atoms with E-state index in [4.69, 9.17) is 41.9 Å². The summed E-state index contributed by atoms with van der Waals surface area (Å²) in [6.45, 7) is 5.43. The quantitative estimate of drug-likeness (QED) is 0.0641. The van der Waals surface area contributed by atoms with Crippen LogP contribution in [0.15, 0.2) is 58.5 Å². The van der Waals surface area contributed by atoms with Crippen LogP contribution in [0.4, 0.5) is 11.4 Å². The molecule has 17 heteroatoms. The lowest BCUT2D eigenvalue weighted by Gasteiger charge is -2.24. The number of benzene rings is 2. The van der Waals surface area contributed by atoms with E-state index in [1.807, 2.05) is 0 Å². The lowest BCUT2D eigenvalue weighted by molar-refractivity contribution is -0.149. The Morgan fingerprint density at radius 2 is 1.10 bits per heavy atom. The van der Waals surface area contributed by atoms with Gasteiger partial charge in [-0.25, -0.2) is 14.8 Å². The number of methoxy groups -OCH3 is 2. The lowest BCUT2D eigenvalue weighted by atomic mass is 10.1. The van der Waals surface area contributed by atoms with Crippen LogP contribution < -0.4 is 28.3 Å². The van der Waals surface area contributed by atoms with Gasteiger partial charge in [0.2, 0.25) is 5.91 Å². The van der Waals surface area contributed by atoms with Gasteiger partial charge in [0.1, 0.15) is 18.7 Å². The molecule has 49 heavy (non-hydrogen) atoms. The van der Waals surface area contributed by atoms with Crippen molar-refractivity contribution in [2.75, 3.05) is 67.9 Å². The predicted octanol–water partition coefficient (Wildman–Crippen LogP) is 0.0728. The fourth-order valence-corrected chi connectivity index (χ4v) is 3.73. The SMILES string of the molecule is COCCOC(=O)C(C)N(C)C(=O)c1ccc(N=C(N)N)cc1.COCCOCCNC(=O)C(C)N(C)C(=O)c1ccc(N=C(N)N)cc1. The van der Waals surface area contributed by atoms with E-state index in [1.165, 1.54) is 24.0 Å². The average Bonchev–Trinajstić information content (AvgIpc) is 3.08. The van der Waals surface area contributed by atoms with E-state index in [2.05, 4.69) is 15.3 Å². The number of likely N-dealkylation sites (N-methyl/N-ethyl adjacent to an activating group) is 2. The maximum atomic E-state index is 12.5. The zero-order chi connectivity index (χ0) is 36.9. The van der Waals surface area contributed by atoms with E-state index in [1.54, 1.807) is 76.5 Å². The van der Waals surface area contributed by atoms with Gasteiger partial charge in [0.25, 0.3) is 11.8 Å². The maximum Gasteiger partial charge on any atom is 0.328 e. The zero-order valence-electron chi connectivity index (χ0n) is 28.9. The minimum Gasteiger partial charge on any atom is -0.462 e. The number of carbonyl (C=O) groups excluding carboxylic acids is 4. The summed E-state index contributed by atoms with van der Waals surface area (Å²) in [6, 6.07) is 11.5. The summed E-state index contributed by atoms with van der Waals surface area (Å²) in [5.41, 5.74) is 23.1. The van der Waals surface area contributed by atoms with Crippen LogP contribution in [0, 0.1) is 0 Å². The molecule has 0 saturated carbocycles. The number of amides is 3. The van der Waals surface area contributed by atoms with Crippen molar-refractivity contribution >= 4 is 47.0 Å². The summed E-state index contributed by atoms with van der Waals surface area (Å²) in [6.07, 6.45) is 0. The molecular weight excluding hydrogens is 638 g/mol. The number of ether oxygens (including phenoxy) is 4. The van der Waals surface area contributed by atoms with Gasteiger partial charge in [-0.1, -0.05) is 0 Å². The highest BCUT2D eigenvalue weighted by molar-refractivity contribution is 5.98. The van der Waals surface area contributed by atoms with Gasteiger partial charge in [0.05, 0.1) is 37.8 Å². The molecule has 3 amide bonds. The molecule has 0 spiro atoms. The molecule has 2 aromatic carbocycles. The van der Waals surface area contributed by atoms with E-state index in [-0.39, 0.29) is 36.2 Å². The molecule has 2 unspecified atom stereocenters. The van der Waals surface area contributed by atoms with Crippen LogP contribution in [-0.2, 0) is 28.5 Å². The van der Waals surface area contributed by atoms with Gasteiger partial charge in [-0.2, -0.15) is 0 Å². The van der Waals surface area contributed by atoms with Crippen molar-refractivity contribution in [2.45, 2.75) is 25.9 Å². The fraction of sp³-hybridized carbons (Fsp3) is 0.438. The lowest BCUT2D eigenvalue weighted by Crippen LogP contribution is -2.46. The molecule has 270 valence electrons. The zero-order valence-corrected chi connectivity index (χ0v) is 28.9. The number of rotatable bonds is 17. The molecule has 2 aromatic rings. The number of carbonyl (C=O) groups is 4. The number of hydrogen-bond donors (Lipinski definition) is 5. The molecule has 0 aliphatic rings. The van der Waals surface area contributed by atoms with Crippen molar-refractivity contribution in [1.29, 1.82) is 0 Å². The summed E-state index contributed by atoms with van der Waals surface area (Å²) in [7, 11) is 6.22. The van der Waals surface area contributed by atoms with Gasteiger partial charge >= 0.3 is 5.97 Å². The monoisotopic (exact) mass is 687 g/mol. The second-order valence-electron chi connectivity index (χ2n) is 10.4. The van der Waals surface area contributed by atoms with Gasteiger partial charge in [0.15, 0.2) is 11.9 Å². The number of nitrogens with one attached hydrogen (secondary N) is 1. The summed E-state index contributed by atoms with van der Waals surface area (Å²) >= 11 is 0. The molecule has 0 saturated heterocycles. The van der Waals surface area contributed by atoms with Crippen LogP contribution in [0.1, 0.15) is 34.6 Å².